The zero-order chi connectivity index (χ0) is 28.1. The van der Waals surface area contributed by atoms with Crippen molar-refractivity contribution in [3.8, 4) is 0 Å². The Bertz CT molecular complexity index is 901. The molecule has 0 spiro atoms. The molecule has 0 amide bonds. The topological polar surface area (TPSA) is 30.2 Å². The van der Waals surface area contributed by atoms with Crippen LogP contribution in [0.5, 0.6) is 0 Å². The van der Waals surface area contributed by atoms with Crippen LogP contribution < -0.4 is 5.63 Å². The Morgan fingerprint density at radius 2 is 1.38 bits per heavy atom. The number of fused-ring (bicyclic) bond motifs is 1. The van der Waals surface area contributed by atoms with Gasteiger partial charge in [0.05, 0.1) is 5.58 Å². The molecular formula is C33H52O2V2. The minimum atomic E-state index is -0.348. The number of rotatable bonds is 2. The van der Waals surface area contributed by atoms with Gasteiger partial charge >= 0.3 is 18.6 Å². The fourth-order valence-electron chi connectivity index (χ4n) is 2.19. The molecule has 3 rings (SSSR count). The Kier molecular flexibility index (Phi) is 50.8. The van der Waals surface area contributed by atoms with Crippen LogP contribution in [-0.4, -0.2) is 0 Å². The van der Waals surface area contributed by atoms with Crippen LogP contribution in [-0.2, 0) is 37.1 Å². The molecule has 0 aliphatic rings. The molecule has 2 radical (unpaired) electrons. The van der Waals surface area contributed by atoms with Gasteiger partial charge in [0.15, 0.2) is 0 Å². The average Bonchev–Trinajstić information content (AvgIpc) is 2.93. The second kappa shape index (κ2) is 38.8. The molecule has 1 heterocycles. The van der Waals surface area contributed by atoms with Gasteiger partial charge in [0.1, 0.15) is 0 Å². The third kappa shape index (κ3) is 24.4. The summed E-state index contributed by atoms with van der Waals surface area (Å²) in [6, 6.07) is 21.4. The van der Waals surface area contributed by atoms with Gasteiger partial charge in [-0.1, -0.05) is 123 Å². The standard InChI is InChI=1S/C16H15O2.C6H5.C3H8.4C2H6.2V/c1-4-6-12(5-2)14-10-13-8-7-11(3)9-15(13)18-16(14)17;1-2-4-6-5-3-1;1-3-2;4*1-2;;/h4-9H,1-3H3;1-5H;3H2,1-2H3;4*1-2H3;;/q2*-1;;;;;;;+2/b6-4-,12-5+;;;;;;;;. The van der Waals surface area contributed by atoms with Gasteiger partial charge in [-0.2, -0.15) is 36.4 Å². The van der Waals surface area contributed by atoms with E-state index in [0.717, 1.165) is 16.5 Å². The molecule has 206 valence electrons. The van der Waals surface area contributed by atoms with Gasteiger partial charge < -0.3 is 4.42 Å². The predicted octanol–water partition coefficient (Wildman–Crippen LogP) is 10.9. The van der Waals surface area contributed by atoms with Gasteiger partial charge in [0.2, 0.25) is 0 Å². The molecule has 0 unspecified atom stereocenters. The summed E-state index contributed by atoms with van der Waals surface area (Å²) in [5.74, 6) is 0. The van der Waals surface area contributed by atoms with Crippen molar-refractivity contribution in [2.24, 2.45) is 0 Å². The quantitative estimate of drug-likeness (QED) is 0.171. The number of hydrogen-bond acceptors (Lipinski definition) is 2. The van der Waals surface area contributed by atoms with Crippen molar-refractivity contribution in [1.82, 2.24) is 0 Å². The first-order valence-electron chi connectivity index (χ1n) is 13.2. The molecule has 0 saturated heterocycles. The molecular weight excluding hydrogens is 530 g/mol. The molecule has 1 aromatic heterocycles. The van der Waals surface area contributed by atoms with Gasteiger partial charge in [-0.25, -0.2) is 0 Å². The van der Waals surface area contributed by atoms with E-state index in [1.165, 1.54) is 6.42 Å². The van der Waals surface area contributed by atoms with Crippen LogP contribution in [0.2, 0.25) is 0 Å². The van der Waals surface area contributed by atoms with Gasteiger partial charge in [0, 0.05) is 18.6 Å². The van der Waals surface area contributed by atoms with Crippen LogP contribution in [0.15, 0.2) is 76.0 Å². The summed E-state index contributed by atoms with van der Waals surface area (Å²) < 4.78 is 5.34. The molecule has 2 aromatic carbocycles. The fourth-order valence-corrected chi connectivity index (χ4v) is 2.19. The van der Waals surface area contributed by atoms with E-state index in [1.54, 1.807) is 0 Å². The van der Waals surface area contributed by atoms with Crippen LogP contribution in [0.4, 0.5) is 0 Å². The van der Waals surface area contributed by atoms with E-state index in [0.29, 0.717) is 11.1 Å². The minimum absolute atomic E-state index is 0. The first kappa shape index (κ1) is 48.4. The summed E-state index contributed by atoms with van der Waals surface area (Å²) in [5, 5.41) is 0.819. The maximum Gasteiger partial charge on any atom is 2.00 e. The molecule has 0 bridgehead atoms. The zero-order valence-electron chi connectivity index (χ0n) is 25.8. The number of aryl methyl sites for hydroxylation is 1. The van der Waals surface area contributed by atoms with Crippen molar-refractivity contribution in [2.75, 3.05) is 0 Å². The molecule has 0 atom stereocenters. The van der Waals surface area contributed by atoms with E-state index >= 15 is 0 Å². The van der Waals surface area contributed by atoms with Crippen LogP contribution in [0.1, 0.15) is 101 Å². The second-order valence-corrected chi connectivity index (χ2v) is 5.92. The van der Waals surface area contributed by atoms with Gasteiger partial charge in [-0.3, -0.25) is 4.79 Å². The minimum Gasteiger partial charge on any atom is -0.496 e. The maximum atomic E-state index is 11.9. The van der Waals surface area contributed by atoms with Gasteiger partial charge in [-0.05, 0) is 19.4 Å². The normalized spacial score (nSPS) is 8.51. The van der Waals surface area contributed by atoms with Crippen LogP contribution in [0.3, 0.4) is 0 Å². The summed E-state index contributed by atoms with van der Waals surface area (Å²) >= 11 is 0. The Morgan fingerprint density at radius 3 is 1.73 bits per heavy atom. The molecule has 0 aliphatic carbocycles. The van der Waals surface area contributed by atoms with E-state index in [-0.39, 0.29) is 42.7 Å². The molecule has 0 fully saturated rings. The monoisotopic (exact) mass is 582 g/mol. The first-order chi connectivity index (χ1) is 17.1. The van der Waals surface area contributed by atoms with Crippen molar-refractivity contribution in [1.29, 1.82) is 0 Å². The largest absolute Gasteiger partial charge is 2.00 e. The molecule has 2 nitrogen and oxygen atoms in total. The summed E-state index contributed by atoms with van der Waals surface area (Å²) in [4.78, 5) is 11.9. The molecule has 37 heavy (non-hydrogen) atoms. The van der Waals surface area contributed by atoms with Crippen LogP contribution in [0.25, 0.3) is 16.5 Å². The first-order valence-corrected chi connectivity index (χ1v) is 13.2. The summed E-state index contributed by atoms with van der Waals surface area (Å²) in [6.45, 7) is 26.0. The summed E-state index contributed by atoms with van der Waals surface area (Å²) in [6.07, 6.45) is 6.90. The number of benzene rings is 2. The molecule has 0 aliphatic heterocycles. The third-order valence-corrected chi connectivity index (χ3v) is 3.36. The van der Waals surface area contributed by atoms with E-state index in [4.69, 9.17) is 4.42 Å². The maximum absolute atomic E-state index is 11.9. The Balaban J connectivity index is -0.000000106. The Labute approximate surface area is 253 Å². The summed E-state index contributed by atoms with van der Waals surface area (Å²) in [5.41, 5.74) is 2.60. The average molecular weight is 583 g/mol. The molecule has 0 saturated carbocycles. The van der Waals surface area contributed by atoms with Crippen molar-refractivity contribution >= 4 is 16.5 Å². The van der Waals surface area contributed by atoms with Crippen molar-refractivity contribution < 1.29 is 41.5 Å². The van der Waals surface area contributed by atoms with E-state index in [2.05, 4.69) is 26.0 Å². The van der Waals surface area contributed by atoms with Crippen LogP contribution >= 0.6 is 0 Å². The SMILES string of the molecule is C/C=C\C(=C/C)c1[c-]c2ccc(C)cc2oc1=O.CC.CC.CC.CC.CCC.[V+2].[V].[c-]1ccccc1. The Hall–Kier alpha value is -1.70. The zero-order valence-corrected chi connectivity index (χ0v) is 28.6. The van der Waals surface area contributed by atoms with E-state index in [1.807, 2.05) is 143 Å². The van der Waals surface area contributed by atoms with Crippen LogP contribution in [0, 0.1) is 19.1 Å². The summed E-state index contributed by atoms with van der Waals surface area (Å²) in [7, 11) is 0. The van der Waals surface area contributed by atoms with E-state index < -0.39 is 0 Å². The molecule has 3 aromatic rings. The van der Waals surface area contributed by atoms with Crippen molar-refractivity contribution in [2.45, 2.75) is 96.4 Å². The number of allylic oxidation sites excluding steroid dienone is 4. The fraction of sp³-hybridized carbons (Fsp3) is 0.424. The van der Waals surface area contributed by atoms with Crippen molar-refractivity contribution in [3.05, 3.63) is 100 Å². The molecule has 4 heteroatoms. The number of hydrogen-bond donors (Lipinski definition) is 0. The van der Waals surface area contributed by atoms with Gasteiger partial charge in [-0.15, -0.1) is 18.2 Å². The molecule has 0 N–H and O–H groups in total. The Morgan fingerprint density at radius 1 is 0.892 bits per heavy atom. The third-order valence-electron chi connectivity index (χ3n) is 3.36. The van der Waals surface area contributed by atoms with E-state index in [9.17, 15) is 4.79 Å². The second-order valence-electron chi connectivity index (χ2n) is 5.92. The smallest absolute Gasteiger partial charge is 0.496 e. The van der Waals surface area contributed by atoms with Gasteiger partial charge in [0.25, 0.3) is 5.63 Å². The van der Waals surface area contributed by atoms with Crippen molar-refractivity contribution in [3.63, 3.8) is 0 Å². The predicted molar refractivity (Wildman–Crippen MR) is 161 cm³/mol.